The van der Waals surface area contributed by atoms with Crippen LogP contribution in [0.1, 0.15) is 36.3 Å². The Balaban J connectivity index is 0.00000264. The van der Waals surface area contributed by atoms with E-state index in [4.69, 9.17) is 11.6 Å². The zero-order chi connectivity index (χ0) is 16.1. The van der Waals surface area contributed by atoms with Gasteiger partial charge in [0.2, 0.25) is 0 Å². The van der Waals surface area contributed by atoms with E-state index in [0.29, 0.717) is 17.0 Å². The van der Waals surface area contributed by atoms with Gasteiger partial charge >= 0.3 is 29.6 Å². The van der Waals surface area contributed by atoms with E-state index >= 15 is 0 Å². The largest absolute Gasteiger partial charge is 1.00 e. The predicted molar refractivity (Wildman–Crippen MR) is 84.7 cm³/mol. The number of aliphatic hydroxyl groups excluding tert-OH is 1. The van der Waals surface area contributed by atoms with Crippen LogP contribution in [0, 0.1) is 0 Å². The summed E-state index contributed by atoms with van der Waals surface area (Å²) < 4.78 is 0. The molecule has 3 atom stereocenters. The summed E-state index contributed by atoms with van der Waals surface area (Å²) >= 11 is 5.90. The summed E-state index contributed by atoms with van der Waals surface area (Å²) in [5.41, 5.74) is 1.49. The molecular weight excluding hydrogens is 323 g/mol. The van der Waals surface area contributed by atoms with Crippen molar-refractivity contribution in [3.05, 3.63) is 70.7 Å². The van der Waals surface area contributed by atoms with Crippen molar-refractivity contribution >= 4 is 17.6 Å². The Hall–Kier alpha value is -0.840. The molecule has 0 aliphatic rings. The molecule has 2 aromatic carbocycles. The molecule has 0 radical (unpaired) electrons. The number of aliphatic carboxylic acids is 1. The average Bonchev–Trinajstić information content (AvgIpc) is 2.48. The number of benzene rings is 2. The molecule has 0 aliphatic carbocycles. The number of aliphatic hydroxyl groups is 1. The van der Waals surface area contributed by atoms with E-state index in [1.807, 2.05) is 6.07 Å². The minimum absolute atomic E-state index is 0. The topological polar surface area (TPSA) is 60.4 Å². The molecule has 0 aliphatic heterocycles. The maximum atomic E-state index is 11.7. The number of carboxylic acids is 1. The van der Waals surface area contributed by atoms with Crippen LogP contribution in [-0.4, -0.2) is 17.2 Å². The molecule has 3 nitrogen and oxygen atoms in total. The van der Waals surface area contributed by atoms with E-state index in [0.717, 1.165) is 5.56 Å². The molecule has 3 unspecified atom stereocenters. The third-order valence-electron chi connectivity index (χ3n) is 3.71. The van der Waals surface area contributed by atoms with E-state index in [1.54, 1.807) is 55.5 Å². The fraction of sp³-hybridized carbons (Fsp3) is 0.278. The van der Waals surface area contributed by atoms with Crippen molar-refractivity contribution in [1.29, 1.82) is 0 Å². The van der Waals surface area contributed by atoms with Gasteiger partial charge in [-0.05, 0) is 42.5 Å². The Morgan fingerprint density at radius 3 is 2.13 bits per heavy atom. The predicted octanol–water partition coefficient (Wildman–Crippen LogP) is -0.268. The first-order valence-electron chi connectivity index (χ1n) is 7.18. The van der Waals surface area contributed by atoms with Gasteiger partial charge in [0.1, 0.15) is 0 Å². The zero-order valence-corrected chi connectivity index (χ0v) is 16.0. The molecule has 0 saturated carbocycles. The fourth-order valence-electron chi connectivity index (χ4n) is 2.74. The molecule has 0 spiro atoms. The summed E-state index contributed by atoms with van der Waals surface area (Å²) in [4.78, 5) is 11.7. The van der Waals surface area contributed by atoms with Gasteiger partial charge in [-0.3, -0.25) is 0 Å². The summed E-state index contributed by atoms with van der Waals surface area (Å²) in [7, 11) is 0. The number of carbonyl (C=O) groups excluding carboxylic acids is 1. The van der Waals surface area contributed by atoms with Gasteiger partial charge < -0.3 is 15.0 Å². The number of hydrogen-bond donors (Lipinski definition) is 1. The average molecular weight is 341 g/mol. The Labute approximate surface area is 163 Å². The van der Waals surface area contributed by atoms with Crippen LogP contribution in [0.2, 0.25) is 5.02 Å². The third kappa shape index (κ3) is 5.63. The second kappa shape index (κ2) is 9.45. The monoisotopic (exact) mass is 340 g/mol. The second-order valence-electron chi connectivity index (χ2n) is 5.45. The van der Waals surface area contributed by atoms with Crippen LogP contribution in [0.25, 0.3) is 0 Å². The number of carbonyl (C=O) groups is 1. The first-order chi connectivity index (χ1) is 10.5. The quantitative estimate of drug-likeness (QED) is 0.737. The molecule has 2 rings (SSSR count). The molecule has 0 heterocycles. The molecule has 0 amide bonds. The second-order valence-corrected chi connectivity index (χ2v) is 5.89. The smallest absolute Gasteiger partial charge is 0.549 e. The Morgan fingerprint density at radius 2 is 1.65 bits per heavy atom. The molecule has 1 N–H and O–H groups in total. The summed E-state index contributed by atoms with van der Waals surface area (Å²) in [6, 6.07) is 16.0. The Kier molecular flexibility index (Phi) is 8.31. The molecule has 0 bridgehead atoms. The van der Waals surface area contributed by atoms with Crippen LogP contribution in [0.3, 0.4) is 0 Å². The van der Waals surface area contributed by atoms with Crippen LogP contribution < -0.4 is 34.7 Å². The van der Waals surface area contributed by atoms with E-state index in [-0.39, 0.29) is 35.5 Å². The molecule has 0 aromatic heterocycles. The fourth-order valence-corrected chi connectivity index (χ4v) is 2.86. The van der Waals surface area contributed by atoms with Crippen molar-refractivity contribution in [2.45, 2.75) is 31.3 Å². The standard InChI is InChI=1S/C18H19ClO3.Na/c1-12(20)11-16(13-7-9-15(19)10-8-13)17(18(21)22)14-5-3-2-4-6-14;/h2-10,12,16-17,20H,11H2,1H3,(H,21,22);/q;+1/p-1. The van der Waals surface area contributed by atoms with E-state index in [1.165, 1.54) is 0 Å². The zero-order valence-electron chi connectivity index (χ0n) is 13.3. The van der Waals surface area contributed by atoms with Crippen molar-refractivity contribution in [3.8, 4) is 0 Å². The van der Waals surface area contributed by atoms with Crippen LogP contribution in [0.4, 0.5) is 0 Å². The van der Waals surface area contributed by atoms with E-state index < -0.39 is 18.0 Å². The Bertz CT molecular complexity index is 614. The van der Waals surface area contributed by atoms with Crippen LogP contribution in [0.5, 0.6) is 0 Å². The van der Waals surface area contributed by atoms with Gasteiger partial charge in [-0.2, -0.15) is 0 Å². The van der Waals surface area contributed by atoms with Gasteiger partial charge in [-0.1, -0.05) is 54.1 Å². The number of carboxylic acid groups (broad SMARTS) is 1. The molecular formula is C18H18ClNaO3. The van der Waals surface area contributed by atoms with Crippen LogP contribution in [0.15, 0.2) is 54.6 Å². The van der Waals surface area contributed by atoms with Gasteiger partial charge in [0, 0.05) is 16.9 Å². The maximum Gasteiger partial charge on any atom is 1.00 e. The normalized spacial score (nSPS) is 14.4. The van der Waals surface area contributed by atoms with E-state index in [2.05, 4.69) is 0 Å². The molecule has 23 heavy (non-hydrogen) atoms. The van der Waals surface area contributed by atoms with Crippen molar-refractivity contribution in [2.24, 2.45) is 0 Å². The third-order valence-corrected chi connectivity index (χ3v) is 3.96. The SMILES string of the molecule is CC(O)CC(c1ccc(Cl)cc1)C(C(=O)[O-])c1ccccc1.[Na+]. The van der Waals surface area contributed by atoms with Crippen molar-refractivity contribution in [1.82, 2.24) is 0 Å². The van der Waals surface area contributed by atoms with E-state index in [9.17, 15) is 15.0 Å². The van der Waals surface area contributed by atoms with Gasteiger partial charge in [-0.25, -0.2) is 0 Å². The maximum absolute atomic E-state index is 11.7. The minimum atomic E-state index is -1.15. The van der Waals surface area contributed by atoms with Gasteiger partial charge in [-0.15, -0.1) is 0 Å². The molecule has 116 valence electrons. The number of hydrogen-bond acceptors (Lipinski definition) is 3. The summed E-state index contributed by atoms with van der Waals surface area (Å²) in [5, 5.41) is 22.1. The van der Waals surface area contributed by atoms with Crippen molar-refractivity contribution in [2.75, 3.05) is 0 Å². The summed E-state index contributed by atoms with van der Waals surface area (Å²) in [5.74, 6) is -2.35. The molecule has 5 heteroatoms. The van der Waals surface area contributed by atoms with Gasteiger partial charge in [0.25, 0.3) is 0 Å². The number of rotatable bonds is 6. The Morgan fingerprint density at radius 1 is 1.09 bits per heavy atom. The van der Waals surface area contributed by atoms with Crippen LogP contribution >= 0.6 is 11.6 Å². The first kappa shape index (κ1) is 20.2. The molecule has 0 fully saturated rings. The summed E-state index contributed by atoms with van der Waals surface area (Å²) in [6.07, 6.45) is -0.291. The van der Waals surface area contributed by atoms with Gasteiger partial charge in [0.15, 0.2) is 0 Å². The minimum Gasteiger partial charge on any atom is -0.549 e. The van der Waals surface area contributed by atoms with Crippen molar-refractivity contribution in [3.63, 3.8) is 0 Å². The molecule has 0 saturated heterocycles. The first-order valence-corrected chi connectivity index (χ1v) is 7.56. The van der Waals surface area contributed by atoms with Gasteiger partial charge in [0.05, 0.1) is 6.10 Å². The number of halogens is 1. The molecule has 2 aromatic rings. The van der Waals surface area contributed by atoms with Crippen LogP contribution in [-0.2, 0) is 4.79 Å². The summed E-state index contributed by atoms with van der Waals surface area (Å²) in [6.45, 7) is 1.65. The van der Waals surface area contributed by atoms with Crippen molar-refractivity contribution < 1.29 is 44.6 Å².